The average molecular weight is 274 g/mol. The van der Waals surface area contributed by atoms with Gasteiger partial charge in [0, 0.05) is 0 Å². The topological polar surface area (TPSA) is 0 Å². The van der Waals surface area contributed by atoms with Crippen molar-refractivity contribution in [1.82, 2.24) is 0 Å². The zero-order chi connectivity index (χ0) is 14.7. The highest BCUT2D eigenvalue weighted by Crippen LogP contribution is 2.25. The molecule has 106 valence electrons. The number of allylic oxidation sites excluding steroid dienone is 1. The fourth-order valence-electron chi connectivity index (χ4n) is 3.19. The van der Waals surface area contributed by atoms with Gasteiger partial charge in [-0.15, -0.1) is 6.58 Å². The van der Waals surface area contributed by atoms with Crippen molar-refractivity contribution in [3.63, 3.8) is 0 Å². The molecule has 0 aliphatic rings. The number of benzene rings is 3. The molecule has 0 N–H and O–H groups in total. The molecule has 3 aromatic carbocycles. The summed E-state index contributed by atoms with van der Waals surface area (Å²) in [6, 6.07) is 15.4. The van der Waals surface area contributed by atoms with Crippen molar-refractivity contribution in [3.05, 3.63) is 65.9 Å². The van der Waals surface area contributed by atoms with E-state index in [9.17, 15) is 0 Å². The quantitative estimate of drug-likeness (QED) is 0.416. The Hall–Kier alpha value is -2.08. The SMILES string of the molecule is C=CCCCCCc1cc2cccc3cccc(c1=C)c32. The van der Waals surface area contributed by atoms with Crippen LogP contribution in [0.4, 0.5) is 0 Å². The molecular weight excluding hydrogens is 252 g/mol. The molecule has 0 saturated carbocycles. The molecule has 0 saturated heterocycles. The Balaban J connectivity index is 1.95. The van der Waals surface area contributed by atoms with Crippen LogP contribution >= 0.6 is 0 Å². The van der Waals surface area contributed by atoms with Crippen molar-refractivity contribution in [2.75, 3.05) is 0 Å². The number of hydrogen-bond acceptors (Lipinski definition) is 0. The second-order valence-electron chi connectivity index (χ2n) is 5.79. The summed E-state index contributed by atoms with van der Waals surface area (Å²) in [4.78, 5) is 0. The number of rotatable bonds is 6. The van der Waals surface area contributed by atoms with Gasteiger partial charge in [0.25, 0.3) is 0 Å². The smallest absolute Gasteiger partial charge is 0.00329 e. The van der Waals surface area contributed by atoms with Gasteiger partial charge in [0.2, 0.25) is 0 Å². The first kappa shape index (κ1) is 13.9. The molecule has 0 atom stereocenters. The van der Waals surface area contributed by atoms with Gasteiger partial charge in [0.05, 0.1) is 0 Å². The third-order valence-electron chi connectivity index (χ3n) is 4.33. The van der Waals surface area contributed by atoms with Gasteiger partial charge in [-0.25, -0.2) is 0 Å². The van der Waals surface area contributed by atoms with E-state index in [1.165, 1.54) is 51.6 Å². The Morgan fingerprint density at radius 3 is 2.48 bits per heavy atom. The minimum absolute atomic E-state index is 1.13. The lowest BCUT2D eigenvalue weighted by Crippen LogP contribution is -2.09. The lowest BCUT2D eigenvalue weighted by Gasteiger charge is -2.10. The summed E-state index contributed by atoms with van der Waals surface area (Å²) < 4.78 is 0. The second-order valence-corrected chi connectivity index (χ2v) is 5.79. The molecule has 0 heterocycles. The van der Waals surface area contributed by atoms with Gasteiger partial charge in [0.15, 0.2) is 0 Å². The Kier molecular flexibility index (Phi) is 4.06. The maximum Gasteiger partial charge on any atom is -0.00329 e. The van der Waals surface area contributed by atoms with Crippen LogP contribution in [0.2, 0.25) is 0 Å². The molecule has 0 bridgehead atoms. The molecule has 0 fully saturated rings. The van der Waals surface area contributed by atoms with Crippen molar-refractivity contribution in [1.29, 1.82) is 0 Å². The van der Waals surface area contributed by atoms with E-state index in [-0.39, 0.29) is 0 Å². The molecule has 0 radical (unpaired) electrons. The standard InChI is InChI=1S/C21H22/c1-3-4-5-6-7-10-18-15-19-13-8-11-17-12-9-14-20(16(18)2)21(17)19/h3,8-9,11-15H,1-2,4-7,10H2. The summed E-state index contributed by atoms with van der Waals surface area (Å²) in [5.41, 5.74) is 1.40. The third kappa shape index (κ3) is 2.71. The van der Waals surface area contributed by atoms with Crippen LogP contribution in [0.1, 0.15) is 31.2 Å². The molecule has 21 heavy (non-hydrogen) atoms. The van der Waals surface area contributed by atoms with Crippen molar-refractivity contribution in [3.8, 4) is 0 Å². The third-order valence-corrected chi connectivity index (χ3v) is 4.33. The summed E-state index contributed by atoms with van der Waals surface area (Å²) >= 11 is 0. The Morgan fingerprint density at radius 2 is 1.67 bits per heavy atom. The van der Waals surface area contributed by atoms with E-state index in [2.05, 4.69) is 55.6 Å². The van der Waals surface area contributed by atoms with Gasteiger partial charge >= 0.3 is 0 Å². The Bertz CT molecular complexity index is 806. The lowest BCUT2D eigenvalue weighted by molar-refractivity contribution is 0.687. The molecule has 0 nitrogen and oxygen atoms in total. The van der Waals surface area contributed by atoms with Crippen LogP contribution in [0.15, 0.2) is 55.1 Å². The largest absolute Gasteiger partial charge is 0.103 e. The molecule has 3 aromatic rings. The molecule has 0 aliphatic carbocycles. The lowest BCUT2D eigenvalue weighted by atomic mass is 9.94. The van der Waals surface area contributed by atoms with Crippen LogP contribution < -0.4 is 5.22 Å². The average Bonchev–Trinajstić information content (AvgIpc) is 2.51. The maximum atomic E-state index is 4.35. The normalized spacial score (nSPS) is 11.2. The minimum atomic E-state index is 1.13. The summed E-state index contributed by atoms with van der Waals surface area (Å²) in [5.74, 6) is 0. The predicted molar refractivity (Wildman–Crippen MR) is 94.6 cm³/mol. The summed E-state index contributed by atoms with van der Waals surface area (Å²) in [6.07, 6.45) is 8.01. The predicted octanol–water partition coefficient (Wildman–Crippen LogP) is 5.41. The van der Waals surface area contributed by atoms with Crippen LogP contribution in [-0.4, -0.2) is 0 Å². The van der Waals surface area contributed by atoms with Gasteiger partial charge in [-0.2, -0.15) is 0 Å². The van der Waals surface area contributed by atoms with E-state index in [1.54, 1.807) is 0 Å². The summed E-state index contributed by atoms with van der Waals surface area (Å²) in [6.45, 7) is 8.13. The van der Waals surface area contributed by atoms with Crippen molar-refractivity contribution in [2.45, 2.75) is 32.1 Å². The molecule has 0 spiro atoms. The molecule has 3 rings (SSSR count). The van der Waals surface area contributed by atoms with Gasteiger partial charge in [-0.3, -0.25) is 0 Å². The first-order valence-corrected chi connectivity index (χ1v) is 7.84. The van der Waals surface area contributed by atoms with Crippen molar-refractivity contribution < 1.29 is 0 Å². The van der Waals surface area contributed by atoms with Crippen LogP contribution in [0.3, 0.4) is 0 Å². The van der Waals surface area contributed by atoms with Gasteiger partial charge in [-0.05, 0) is 58.0 Å². The summed E-state index contributed by atoms with van der Waals surface area (Å²) in [5, 5.41) is 6.54. The van der Waals surface area contributed by atoms with Gasteiger partial charge in [0.1, 0.15) is 0 Å². The van der Waals surface area contributed by atoms with E-state index in [4.69, 9.17) is 0 Å². The van der Waals surface area contributed by atoms with Crippen LogP contribution in [-0.2, 0) is 6.42 Å². The Labute approximate surface area is 126 Å². The minimum Gasteiger partial charge on any atom is -0.103 e. The Morgan fingerprint density at radius 1 is 0.905 bits per heavy atom. The van der Waals surface area contributed by atoms with Crippen LogP contribution in [0.5, 0.6) is 0 Å². The first-order valence-electron chi connectivity index (χ1n) is 7.84. The molecule has 0 aromatic heterocycles. The fourth-order valence-corrected chi connectivity index (χ4v) is 3.19. The number of hydrogen-bond donors (Lipinski definition) is 0. The highest BCUT2D eigenvalue weighted by Gasteiger charge is 2.06. The van der Waals surface area contributed by atoms with E-state index >= 15 is 0 Å². The zero-order valence-electron chi connectivity index (χ0n) is 12.6. The molecular formula is C21H22. The van der Waals surface area contributed by atoms with E-state index in [0.29, 0.717) is 0 Å². The van der Waals surface area contributed by atoms with E-state index in [1.807, 2.05) is 6.08 Å². The van der Waals surface area contributed by atoms with E-state index in [0.717, 1.165) is 12.8 Å². The zero-order valence-corrected chi connectivity index (χ0v) is 12.6. The highest BCUT2D eigenvalue weighted by molar-refractivity contribution is 6.10. The van der Waals surface area contributed by atoms with E-state index < -0.39 is 0 Å². The molecule has 0 heteroatoms. The monoisotopic (exact) mass is 274 g/mol. The fraction of sp³-hybridized carbons (Fsp3) is 0.238. The second kappa shape index (κ2) is 6.13. The highest BCUT2D eigenvalue weighted by atomic mass is 14.1. The van der Waals surface area contributed by atoms with Crippen LogP contribution in [0.25, 0.3) is 28.1 Å². The summed E-state index contributed by atoms with van der Waals surface area (Å²) in [7, 11) is 0. The molecule has 0 amide bonds. The first-order chi connectivity index (χ1) is 10.3. The van der Waals surface area contributed by atoms with Crippen molar-refractivity contribution in [2.24, 2.45) is 0 Å². The number of aryl methyl sites for hydroxylation is 1. The maximum absolute atomic E-state index is 4.35. The molecule has 0 aliphatic heterocycles. The van der Waals surface area contributed by atoms with Gasteiger partial charge in [-0.1, -0.05) is 61.5 Å². The number of unbranched alkanes of at least 4 members (excludes halogenated alkanes) is 3. The van der Waals surface area contributed by atoms with Crippen molar-refractivity contribution >= 4 is 28.1 Å². The molecule has 0 unspecified atom stereocenters. The van der Waals surface area contributed by atoms with Gasteiger partial charge < -0.3 is 0 Å². The van der Waals surface area contributed by atoms with Crippen LogP contribution in [0, 0.1) is 0 Å².